The minimum absolute atomic E-state index is 0.221. The highest BCUT2D eigenvalue weighted by atomic mass is 79.9. The van der Waals surface area contributed by atoms with Crippen molar-refractivity contribution in [1.82, 2.24) is 10.7 Å². The molecule has 2 aromatic carbocycles. The zero-order valence-electron chi connectivity index (χ0n) is 20.5. The molecule has 3 amide bonds. The van der Waals surface area contributed by atoms with Gasteiger partial charge in [0.2, 0.25) is 0 Å². The van der Waals surface area contributed by atoms with Crippen molar-refractivity contribution >= 4 is 45.6 Å². The Balaban J connectivity index is 2.05. The van der Waals surface area contributed by atoms with Crippen molar-refractivity contribution in [3.8, 4) is 11.5 Å². The molecule has 0 radical (unpaired) electrons. The van der Waals surface area contributed by atoms with Crippen molar-refractivity contribution in [2.24, 2.45) is 11.0 Å². The molecule has 188 valence electrons. The number of carbonyl (C=O) groups is 3. The van der Waals surface area contributed by atoms with Crippen molar-refractivity contribution < 1.29 is 23.9 Å². The molecule has 3 N–H and O–H groups in total. The molecule has 2 aromatic rings. The van der Waals surface area contributed by atoms with Gasteiger partial charge in [-0.2, -0.15) is 5.10 Å². The minimum Gasteiger partial charge on any atom is -0.490 e. The van der Waals surface area contributed by atoms with Crippen molar-refractivity contribution in [1.29, 1.82) is 0 Å². The van der Waals surface area contributed by atoms with E-state index in [1.54, 1.807) is 12.1 Å². The van der Waals surface area contributed by atoms with Gasteiger partial charge in [-0.1, -0.05) is 32.0 Å². The van der Waals surface area contributed by atoms with Crippen molar-refractivity contribution in [2.75, 3.05) is 25.1 Å². The summed E-state index contributed by atoms with van der Waals surface area (Å²) in [6.07, 6.45) is 1.37. The number of ether oxygens (including phenoxy) is 2. The number of hydrazone groups is 1. The van der Waals surface area contributed by atoms with E-state index in [-0.39, 0.29) is 18.4 Å². The second-order valence-corrected chi connectivity index (χ2v) is 9.02. The van der Waals surface area contributed by atoms with Crippen LogP contribution in [-0.2, 0) is 14.4 Å². The molecule has 9 nitrogen and oxygen atoms in total. The van der Waals surface area contributed by atoms with Crippen molar-refractivity contribution in [3.63, 3.8) is 0 Å². The van der Waals surface area contributed by atoms with Crippen LogP contribution < -0.4 is 25.5 Å². The van der Waals surface area contributed by atoms with Crippen LogP contribution in [0, 0.1) is 19.8 Å². The van der Waals surface area contributed by atoms with E-state index in [1.165, 1.54) is 6.21 Å². The Kier molecular flexibility index (Phi) is 10.7. The van der Waals surface area contributed by atoms with Crippen LogP contribution >= 0.6 is 15.9 Å². The molecule has 0 aliphatic rings. The van der Waals surface area contributed by atoms with E-state index in [0.29, 0.717) is 34.7 Å². The maximum absolute atomic E-state index is 12.5. The number of benzene rings is 2. The first-order chi connectivity index (χ1) is 16.6. The molecule has 2 rings (SSSR count). The summed E-state index contributed by atoms with van der Waals surface area (Å²) in [6, 6.07) is 9.12. The third-order valence-electron chi connectivity index (χ3n) is 4.68. The quantitative estimate of drug-likeness (QED) is 0.238. The molecule has 0 aliphatic carbocycles. The summed E-state index contributed by atoms with van der Waals surface area (Å²) in [5, 5.41) is 9.23. The molecule has 0 saturated heterocycles. The van der Waals surface area contributed by atoms with Gasteiger partial charge in [-0.15, -0.1) is 0 Å². The number of nitrogens with zero attached hydrogens (tertiary/aromatic N) is 1. The average molecular weight is 547 g/mol. The number of carbonyl (C=O) groups excluding carboxylic acids is 3. The number of aryl methyl sites for hydroxylation is 2. The van der Waals surface area contributed by atoms with E-state index in [1.807, 2.05) is 52.8 Å². The summed E-state index contributed by atoms with van der Waals surface area (Å²) < 4.78 is 12.0. The van der Waals surface area contributed by atoms with Crippen LogP contribution in [0.5, 0.6) is 11.5 Å². The van der Waals surface area contributed by atoms with Gasteiger partial charge < -0.3 is 20.1 Å². The average Bonchev–Trinajstić information content (AvgIpc) is 2.79. The molecule has 0 fully saturated rings. The Morgan fingerprint density at radius 2 is 1.77 bits per heavy atom. The molecule has 0 aliphatic heterocycles. The predicted octanol–water partition coefficient (Wildman–Crippen LogP) is 3.70. The van der Waals surface area contributed by atoms with Crippen molar-refractivity contribution in [3.05, 3.63) is 51.5 Å². The predicted molar refractivity (Wildman–Crippen MR) is 139 cm³/mol. The lowest BCUT2D eigenvalue weighted by atomic mass is 10.1. The van der Waals surface area contributed by atoms with Crippen LogP contribution in [-0.4, -0.2) is 43.7 Å². The summed E-state index contributed by atoms with van der Waals surface area (Å²) in [4.78, 5) is 36.1. The molecule has 0 aromatic heterocycles. The first-order valence-electron chi connectivity index (χ1n) is 11.2. The maximum atomic E-state index is 12.5. The summed E-state index contributed by atoms with van der Waals surface area (Å²) in [6.45, 7) is 10.1. The Morgan fingerprint density at radius 1 is 1.09 bits per heavy atom. The molecular formula is C25H31BrN4O5. The Hall–Kier alpha value is -3.40. The number of halogens is 1. The molecule has 0 saturated carbocycles. The maximum Gasteiger partial charge on any atom is 0.329 e. The van der Waals surface area contributed by atoms with Gasteiger partial charge in [0, 0.05) is 12.2 Å². The second kappa shape index (κ2) is 13.5. The van der Waals surface area contributed by atoms with Crippen LogP contribution in [0.15, 0.2) is 39.9 Å². The standard InChI is InChI=1S/C25H31BrN4O5/c1-6-34-20-11-18(13-28-30-25(33)24(32)27-12-15(2)3)10-19(26)23(20)35-14-21(31)29-22-16(4)8-7-9-17(22)5/h7-11,13,15H,6,12,14H2,1-5H3,(H,27,32)(H,29,31)(H,30,33)/b28-13-. The van der Waals surface area contributed by atoms with E-state index in [4.69, 9.17) is 9.47 Å². The van der Waals surface area contributed by atoms with Gasteiger partial charge >= 0.3 is 11.8 Å². The minimum atomic E-state index is -0.860. The van der Waals surface area contributed by atoms with E-state index in [9.17, 15) is 14.4 Å². The highest BCUT2D eigenvalue weighted by Crippen LogP contribution is 2.36. The third-order valence-corrected chi connectivity index (χ3v) is 5.27. The highest BCUT2D eigenvalue weighted by molar-refractivity contribution is 9.10. The van der Waals surface area contributed by atoms with Crippen molar-refractivity contribution in [2.45, 2.75) is 34.6 Å². The molecule has 0 bridgehead atoms. The topological polar surface area (TPSA) is 118 Å². The summed E-state index contributed by atoms with van der Waals surface area (Å²) in [5.41, 5.74) is 5.45. The smallest absolute Gasteiger partial charge is 0.329 e. The molecular weight excluding hydrogens is 516 g/mol. The molecule has 10 heteroatoms. The van der Waals surface area contributed by atoms with Gasteiger partial charge in [0.05, 0.1) is 17.3 Å². The largest absolute Gasteiger partial charge is 0.490 e. The summed E-state index contributed by atoms with van der Waals surface area (Å²) in [5.74, 6) is -0.943. The third kappa shape index (κ3) is 8.71. The number of rotatable bonds is 10. The molecule has 0 atom stereocenters. The molecule has 0 spiro atoms. The fourth-order valence-corrected chi connectivity index (χ4v) is 3.56. The molecule has 0 heterocycles. The van der Waals surface area contributed by atoms with E-state index in [2.05, 4.69) is 37.1 Å². The first kappa shape index (κ1) is 27.8. The fraction of sp³-hybridized carbons (Fsp3) is 0.360. The Bertz CT molecular complexity index is 1080. The van der Waals surface area contributed by atoms with Gasteiger partial charge in [0.1, 0.15) is 0 Å². The number of anilines is 1. The number of nitrogens with one attached hydrogen (secondary N) is 3. The zero-order valence-corrected chi connectivity index (χ0v) is 22.1. The van der Waals surface area contributed by atoms with Gasteiger partial charge in [0.25, 0.3) is 5.91 Å². The van der Waals surface area contributed by atoms with Crippen LogP contribution in [0.1, 0.15) is 37.5 Å². The molecule has 0 unspecified atom stereocenters. The van der Waals surface area contributed by atoms with Gasteiger partial charge in [-0.05, 0) is 71.4 Å². The van der Waals surface area contributed by atoms with Crippen LogP contribution in [0.3, 0.4) is 0 Å². The Morgan fingerprint density at radius 3 is 2.40 bits per heavy atom. The van der Waals surface area contributed by atoms with E-state index < -0.39 is 11.8 Å². The van der Waals surface area contributed by atoms with Gasteiger partial charge in [-0.3, -0.25) is 14.4 Å². The normalized spacial score (nSPS) is 10.8. The lowest BCUT2D eigenvalue weighted by Crippen LogP contribution is -2.39. The lowest BCUT2D eigenvalue weighted by Gasteiger charge is -2.15. The number of amides is 3. The van der Waals surface area contributed by atoms with E-state index in [0.717, 1.165) is 16.8 Å². The summed E-state index contributed by atoms with van der Waals surface area (Å²) in [7, 11) is 0. The summed E-state index contributed by atoms with van der Waals surface area (Å²) >= 11 is 3.44. The lowest BCUT2D eigenvalue weighted by molar-refractivity contribution is -0.139. The van der Waals surface area contributed by atoms with Gasteiger partial charge in [0.15, 0.2) is 18.1 Å². The van der Waals surface area contributed by atoms with Crippen LogP contribution in [0.2, 0.25) is 0 Å². The number of para-hydroxylation sites is 1. The van der Waals surface area contributed by atoms with Crippen LogP contribution in [0.25, 0.3) is 0 Å². The fourth-order valence-electron chi connectivity index (χ4n) is 2.98. The Labute approximate surface area is 213 Å². The zero-order chi connectivity index (χ0) is 26.0. The van der Waals surface area contributed by atoms with E-state index >= 15 is 0 Å². The monoisotopic (exact) mass is 546 g/mol. The number of hydrogen-bond donors (Lipinski definition) is 3. The highest BCUT2D eigenvalue weighted by Gasteiger charge is 2.16. The second-order valence-electron chi connectivity index (χ2n) is 8.17. The SMILES string of the molecule is CCOc1cc(/C=N\NC(=O)C(=O)NCC(C)C)cc(Br)c1OCC(=O)Nc1c(C)cccc1C. The molecule has 35 heavy (non-hydrogen) atoms. The number of hydrogen-bond acceptors (Lipinski definition) is 6. The van der Waals surface area contributed by atoms with Gasteiger partial charge in [-0.25, -0.2) is 5.43 Å². The first-order valence-corrected chi connectivity index (χ1v) is 12.0. The van der Waals surface area contributed by atoms with Crippen LogP contribution in [0.4, 0.5) is 5.69 Å².